The molecule has 0 aliphatic rings. The van der Waals surface area contributed by atoms with Crippen molar-refractivity contribution < 1.29 is 9.84 Å². The van der Waals surface area contributed by atoms with E-state index in [0.717, 1.165) is 18.7 Å². The Bertz CT molecular complexity index is 354. The van der Waals surface area contributed by atoms with E-state index in [-0.39, 0.29) is 0 Å². The van der Waals surface area contributed by atoms with Gasteiger partial charge in [0.2, 0.25) is 0 Å². The van der Waals surface area contributed by atoms with Crippen molar-refractivity contribution in [1.82, 2.24) is 5.32 Å². The lowest BCUT2D eigenvalue weighted by atomic mass is 9.92. The Morgan fingerprint density at radius 1 is 1.21 bits per heavy atom. The minimum Gasteiger partial charge on any atom is -0.491 e. The lowest BCUT2D eigenvalue weighted by Crippen LogP contribution is -2.33. The van der Waals surface area contributed by atoms with Gasteiger partial charge in [-0.25, -0.2) is 0 Å². The average molecular weight is 265 g/mol. The van der Waals surface area contributed by atoms with Gasteiger partial charge in [0.25, 0.3) is 0 Å². The minimum atomic E-state index is -0.471. The molecule has 0 aliphatic heterocycles. The molecule has 0 amide bonds. The van der Waals surface area contributed by atoms with Crippen LogP contribution in [0.5, 0.6) is 5.75 Å². The van der Waals surface area contributed by atoms with Gasteiger partial charge in [0, 0.05) is 6.54 Å². The molecule has 0 spiro atoms. The predicted molar refractivity (Wildman–Crippen MR) is 79.6 cm³/mol. The zero-order chi connectivity index (χ0) is 14.3. The maximum atomic E-state index is 9.81. The summed E-state index contributed by atoms with van der Waals surface area (Å²) in [6.45, 7) is 10.5. The fourth-order valence-electron chi connectivity index (χ4n) is 1.62. The van der Waals surface area contributed by atoms with Crippen LogP contribution in [0, 0.1) is 12.3 Å². The fourth-order valence-corrected chi connectivity index (χ4v) is 1.62. The van der Waals surface area contributed by atoms with Gasteiger partial charge in [-0.3, -0.25) is 0 Å². The van der Waals surface area contributed by atoms with Crippen molar-refractivity contribution in [3.63, 3.8) is 0 Å². The second kappa shape index (κ2) is 7.51. The molecule has 3 nitrogen and oxygen atoms in total. The maximum absolute atomic E-state index is 9.81. The van der Waals surface area contributed by atoms with E-state index in [0.29, 0.717) is 18.6 Å². The van der Waals surface area contributed by atoms with Crippen LogP contribution in [0.25, 0.3) is 0 Å². The molecule has 108 valence electrons. The van der Waals surface area contributed by atoms with Gasteiger partial charge in [-0.15, -0.1) is 0 Å². The second-order valence-corrected chi connectivity index (χ2v) is 6.29. The first kappa shape index (κ1) is 16.0. The van der Waals surface area contributed by atoms with E-state index in [1.54, 1.807) is 0 Å². The Hall–Kier alpha value is -1.06. The standard InChI is InChI=1S/C16H27NO2/c1-13-5-7-15(8-6-13)19-12-14(18)11-17-10-9-16(2,3)4/h5-8,14,17-18H,9-12H2,1-4H3. The Labute approximate surface area is 117 Å². The van der Waals surface area contributed by atoms with Gasteiger partial charge < -0.3 is 15.2 Å². The SMILES string of the molecule is Cc1ccc(OCC(O)CNCCC(C)(C)C)cc1. The van der Waals surface area contributed by atoms with Crippen LogP contribution in [-0.2, 0) is 0 Å². The van der Waals surface area contributed by atoms with Crippen LogP contribution in [0.3, 0.4) is 0 Å². The Kier molecular flexibility index (Phi) is 6.32. The smallest absolute Gasteiger partial charge is 0.119 e. The number of aliphatic hydroxyl groups is 1. The molecule has 1 atom stereocenters. The highest BCUT2D eigenvalue weighted by atomic mass is 16.5. The predicted octanol–water partition coefficient (Wildman–Crippen LogP) is 2.76. The lowest BCUT2D eigenvalue weighted by molar-refractivity contribution is 0.106. The van der Waals surface area contributed by atoms with Crippen molar-refractivity contribution in [3.05, 3.63) is 29.8 Å². The van der Waals surface area contributed by atoms with Gasteiger partial charge in [0.15, 0.2) is 0 Å². The third-order valence-corrected chi connectivity index (χ3v) is 2.90. The molecule has 1 rings (SSSR count). The monoisotopic (exact) mass is 265 g/mol. The molecule has 0 saturated heterocycles. The van der Waals surface area contributed by atoms with Crippen LogP contribution in [0.1, 0.15) is 32.8 Å². The number of hydrogen-bond donors (Lipinski definition) is 2. The molecule has 0 aliphatic carbocycles. The first-order valence-electron chi connectivity index (χ1n) is 6.95. The highest BCUT2D eigenvalue weighted by Gasteiger charge is 2.10. The average Bonchev–Trinajstić information content (AvgIpc) is 2.33. The van der Waals surface area contributed by atoms with Crippen molar-refractivity contribution in [1.29, 1.82) is 0 Å². The molecular formula is C16H27NO2. The van der Waals surface area contributed by atoms with Gasteiger partial charge in [-0.05, 0) is 37.4 Å². The summed E-state index contributed by atoms with van der Waals surface area (Å²) < 4.78 is 5.53. The second-order valence-electron chi connectivity index (χ2n) is 6.29. The van der Waals surface area contributed by atoms with Crippen molar-refractivity contribution in [2.24, 2.45) is 5.41 Å². The maximum Gasteiger partial charge on any atom is 0.119 e. The van der Waals surface area contributed by atoms with Crippen LogP contribution in [0.15, 0.2) is 24.3 Å². The third kappa shape index (κ3) is 7.85. The molecule has 0 fully saturated rings. The van der Waals surface area contributed by atoms with Gasteiger partial charge in [-0.2, -0.15) is 0 Å². The van der Waals surface area contributed by atoms with E-state index in [1.807, 2.05) is 31.2 Å². The molecule has 0 heterocycles. The van der Waals surface area contributed by atoms with Crippen LogP contribution in [0.2, 0.25) is 0 Å². The largest absolute Gasteiger partial charge is 0.491 e. The van der Waals surface area contributed by atoms with Crippen LogP contribution in [0.4, 0.5) is 0 Å². The summed E-state index contributed by atoms with van der Waals surface area (Å²) in [5.41, 5.74) is 1.54. The topological polar surface area (TPSA) is 41.5 Å². The normalized spacial score (nSPS) is 13.3. The van der Waals surface area contributed by atoms with E-state index in [1.165, 1.54) is 5.56 Å². The lowest BCUT2D eigenvalue weighted by Gasteiger charge is -2.19. The van der Waals surface area contributed by atoms with E-state index in [4.69, 9.17) is 4.74 Å². The number of hydrogen-bond acceptors (Lipinski definition) is 3. The Morgan fingerprint density at radius 2 is 1.84 bits per heavy atom. The first-order chi connectivity index (χ1) is 8.87. The van der Waals surface area contributed by atoms with Gasteiger partial charge in [-0.1, -0.05) is 38.5 Å². The number of aryl methyl sites for hydroxylation is 1. The summed E-state index contributed by atoms with van der Waals surface area (Å²) in [5.74, 6) is 0.805. The number of benzene rings is 1. The zero-order valence-electron chi connectivity index (χ0n) is 12.6. The Morgan fingerprint density at radius 3 is 2.42 bits per heavy atom. The molecule has 0 saturated carbocycles. The highest BCUT2D eigenvalue weighted by molar-refractivity contribution is 5.26. The summed E-state index contributed by atoms with van der Waals surface area (Å²) in [6.07, 6.45) is 0.625. The molecular weight excluding hydrogens is 238 g/mol. The molecule has 1 aromatic rings. The number of rotatable bonds is 7. The molecule has 19 heavy (non-hydrogen) atoms. The molecule has 0 aromatic heterocycles. The molecule has 2 N–H and O–H groups in total. The summed E-state index contributed by atoms with van der Waals surface area (Å²) in [5, 5.41) is 13.1. The van der Waals surface area contributed by atoms with Crippen molar-refractivity contribution in [2.45, 2.75) is 40.2 Å². The highest BCUT2D eigenvalue weighted by Crippen LogP contribution is 2.16. The fraction of sp³-hybridized carbons (Fsp3) is 0.625. The summed E-state index contributed by atoms with van der Waals surface area (Å²) in [7, 11) is 0. The number of nitrogens with one attached hydrogen (secondary N) is 1. The van der Waals surface area contributed by atoms with E-state index in [2.05, 4.69) is 26.1 Å². The van der Waals surface area contributed by atoms with Gasteiger partial charge in [0.1, 0.15) is 18.5 Å². The number of ether oxygens (including phenoxy) is 1. The Balaban J connectivity index is 2.14. The van der Waals surface area contributed by atoms with E-state index < -0.39 is 6.10 Å². The summed E-state index contributed by atoms with van der Waals surface area (Å²) in [6, 6.07) is 7.86. The van der Waals surface area contributed by atoms with Crippen molar-refractivity contribution in [3.8, 4) is 5.75 Å². The van der Waals surface area contributed by atoms with Crippen LogP contribution >= 0.6 is 0 Å². The van der Waals surface area contributed by atoms with E-state index in [9.17, 15) is 5.11 Å². The molecule has 1 unspecified atom stereocenters. The van der Waals surface area contributed by atoms with Crippen molar-refractivity contribution >= 4 is 0 Å². The summed E-state index contributed by atoms with van der Waals surface area (Å²) >= 11 is 0. The van der Waals surface area contributed by atoms with Gasteiger partial charge >= 0.3 is 0 Å². The minimum absolute atomic E-state index is 0.325. The van der Waals surface area contributed by atoms with Crippen molar-refractivity contribution in [2.75, 3.05) is 19.7 Å². The molecule has 0 bridgehead atoms. The third-order valence-electron chi connectivity index (χ3n) is 2.90. The molecule has 3 heteroatoms. The zero-order valence-corrected chi connectivity index (χ0v) is 12.6. The van der Waals surface area contributed by atoms with Crippen LogP contribution in [-0.4, -0.2) is 30.9 Å². The van der Waals surface area contributed by atoms with Crippen LogP contribution < -0.4 is 10.1 Å². The summed E-state index contributed by atoms with van der Waals surface area (Å²) in [4.78, 5) is 0. The van der Waals surface area contributed by atoms with Gasteiger partial charge in [0.05, 0.1) is 0 Å². The first-order valence-corrected chi connectivity index (χ1v) is 6.95. The van der Waals surface area contributed by atoms with E-state index >= 15 is 0 Å². The molecule has 0 radical (unpaired) electrons. The number of aliphatic hydroxyl groups excluding tert-OH is 1. The molecule has 1 aromatic carbocycles. The quantitative estimate of drug-likeness (QED) is 0.745.